The number of carbonyl (C=O) groups is 1. The maximum atomic E-state index is 13.3. The van der Waals surface area contributed by atoms with Gasteiger partial charge in [0.2, 0.25) is 5.95 Å². The van der Waals surface area contributed by atoms with Crippen LogP contribution >= 0.6 is 23.2 Å². The lowest BCUT2D eigenvalue weighted by molar-refractivity contribution is 0.102. The number of hydrogen-bond acceptors (Lipinski definition) is 4. The van der Waals surface area contributed by atoms with Gasteiger partial charge in [0, 0.05) is 0 Å². The normalized spacial score (nSPS) is 10.4. The maximum absolute atomic E-state index is 13.3. The smallest absolute Gasteiger partial charge is 0.337 e. The maximum Gasteiger partial charge on any atom is 0.337 e. The van der Waals surface area contributed by atoms with Crippen LogP contribution in [0.25, 0.3) is 0 Å². The number of halogens is 3. The van der Waals surface area contributed by atoms with Crippen molar-refractivity contribution in [2.75, 3.05) is 11.9 Å². The molecule has 0 saturated heterocycles. The van der Waals surface area contributed by atoms with Crippen LogP contribution in [-0.2, 0) is 0 Å². The van der Waals surface area contributed by atoms with Gasteiger partial charge < -0.3 is 4.74 Å². The topological polar surface area (TPSA) is 79.9 Å². The van der Waals surface area contributed by atoms with Crippen LogP contribution in [0.2, 0.25) is 10.0 Å². The minimum Gasteiger partial charge on any atom is -0.463 e. The Morgan fingerprint density at radius 2 is 2.20 bits per heavy atom. The number of benzene rings is 1. The predicted molar refractivity (Wildman–Crippen MR) is 71.9 cm³/mol. The summed E-state index contributed by atoms with van der Waals surface area (Å²) in [6.45, 7) is 2.16. The van der Waals surface area contributed by atoms with Crippen LogP contribution in [0.1, 0.15) is 17.3 Å². The zero-order valence-electron chi connectivity index (χ0n) is 10.2. The molecule has 20 heavy (non-hydrogen) atoms. The molecule has 0 saturated carbocycles. The molecule has 0 aliphatic heterocycles. The summed E-state index contributed by atoms with van der Waals surface area (Å²) in [7, 11) is 0. The molecule has 0 aliphatic carbocycles. The zero-order chi connectivity index (χ0) is 14.7. The first-order valence-corrected chi connectivity index (χ1v) is 6.28. The quantitative estimate of drug-likeness (QED) is 0.849. The van der Waals surface area contributed by atoms with Gasteiger partial charge in [-0.3, -0.25) is 10.1 Å². The predicted octanol–water partition coefficient (Wildman–Crippen LogP) is 2.90. The Morgan fingerprint density at radius 1 is 1.45 bits per heavy atom. The van der Waals surface area contributed by atoms with Crippen LogP contribution in [0.15, 0.2) is 12.1 Å². The van der Waals surface area contributed by atoms with E-state index in [2.05, 4.69) is 20.5 Å². The molecule has 0 aliphatic rings. The Morgan fingerprint density at radius 3 is 2.90 bits per heavy atom. The fraction of sp³-hybridized carbons (Fsp3) is 0.182. The average Bonchev–Trinajstić information content (AvgIpc) is 2.81. The Labute approximate surface area is 123 Å². The highest BCUT2D eigenvalue weighted by molar-refractivity contribution is 6.37. The first-order chi connectivity index (χ1) is 9.51. The molecule has 6 nitrogen and oxygen atoms in total. The summed E-state index contributed by atoms with van der Waals surface area (Å²) in [5.74, 6) is -1.33. The van der Waals surface area contributed by atoms with Crippen molar-refractivity contribution in [3.8, 4) is 6.01 Å². The van der Waals surface area contributed by atoms with Crippen molar-refractivity contribution >= 4 is 35.1 Å². The number of hydrogen-bond donors (Lipinski definition) is 2. The molecule has 2 aromatic rings. The van der Waals surface area contributed by atoms with Crippen molar-refractivity contribution in [1.82, 2.24) is 15.2 Å². The summed E-state index contributed by atoms with van der Waals surface area (Å²) < 4.78 is 18.4. The van der Waals surface area contributed by atoms with Gasteiger partial charge in [0.15, 0.2) is 0 Å². The third-order valence-corrected chi connectivity index (χ3v) is 2.83. The van der Waals surface area contributed by atoms with Crippen molar-refractivity contribution in [3.05, 3.63) is 33.6 Å². The van der Waals surface area contributed by atoms with Gasteiger partial charge in [-0.2, -0.15) is 4.98 Å². The van der Waals surface area contributed by atoms with E-state index >= 15 is 0 Å². The van der Waals surface area contributed by atoms with Crippen molar-refractivity contribution < 1.29 is 13.9 Å². The molecule has 0 unspecified atom stereocenters. The molecular weight excluding hydrogens is 310 g/mol. The number of ether oxygens (including phenoxy) is 1. The highest BCUT2D eigenvalue weighted by Gasteiger charge is 2.16. The largest absolute Gasteiger partial charge is 0.463 e. The number of nitrogens with zero attached hydrogens (tertiary/aromatic N) is 2. The number of carbonyl (C=O) groups excluding carboxylic acids is 1. The van der Waals surface area contributed by atoms with Gasteiger partial charge in [-0.15, -0.1) is 5.10 Å². The highest BCUT2D eigenvalue weighted by atomic mass is 35.5. The summed E-state index contributed by atoms with van der Waals surface area (Å²) in [5.41, 5.74) is -0.0667. The second-order valence-electron chi connectivity index (χ2n) is 3.60. The summed E-state index contributed by atoms with van der Waals surface area (Å²) in [6.07, 6.45) is 0. The number of H-pyrrole nitrogens is 1. The number of nitrogens with one attached hydrogen (secondary N) is 2. The first kappa shape index (κ1) is 14.5. The molecule has 0 radical (unpaired) electrons. The fourth-order valence-corrected chi connectivity index (χ4v) is 1.84. The summed E-state index contributed by atoms with van der Waals surface area (Å²) in [6, 6.07) is 2.19. The zero-order valence-corrected chi connectivity index (χ0v) is 11.7. The first-order valence-electron chi connectivity index (χ1n) is 5.52. The molecule has 0 spiro atoms. The van der Waals surface area contributed by atoms with E-state index in [9.17, 15) is 9.18 Å². The Hall–Kier alpha value is -1.86. The minimum atomic E-state index is -0.742. The van der Waals surface area contributed by atoms with E-state index in [0.29, 0.717) is 6.61 Å². The lowest BCUT2D eigenvalue weighted by Gasteiger charge is -2.05. The third kappa shape index (κ3) is 3.17. The minimum absolute atomic E-state index is 0.0263. The van der Waals surface area contributed by atoms with Gasteiger partial charge in [-0.05, 0) is 19.1 Å². The van der Waals surface area contributed by atoms with E-state index in [1.807, 2.05) is 0 Å². The molecule has 1 amide bonds. The third-order valence-electron chi connectivity index (χ3n) is 2.22. The van der Waals surface area contributed by atoms with Gasteiger partial charge in [0.25, 0.3) is 5.91 Å². The van der Waals surface area contributed by atoms with E-state index in [0.717, 1.165) is 12.1 Å². The average molecular weight is 319 g/mol. The van der Waals surface area contributed by atoms with E-state index in [1.165, 1.54) is 0 Å². The molecule has 9 heteroatoms. The van der Waals surface area contributed by atoms with Gasteiger partial charge in [-0.1, -0.05) is 23.2 Å². The number of aromatic nitrogens is 3. The number of amides is 1. The monoisotopic (exact) mass is 318 g/mol. The van der Waals surface area contributed by atoms with Crippen LogP contribution in [0, 0.1) is 5.82 Å². The van der Waals surface area contributed by atoms with Crippen molar-refractivity contribution in [1.29, 1.82) is 0 Å². The Kier molecular flexibility index (Phi) is 4.41. The molecule has 2 rings (SSSR count). The lowest BCUT2D eigenvalue weighted by atomic mass is 10.2. The molecule has 1 aromatic carbocycles. The molecule has 0 bridgehead atoms. The second-order valence-corrected chi connectivity index (χ2v) is 4.41. The van der Waals surface area contributed by atoms with E-state index in [-0.39, 0.29) is 27.6 Å². The van der Waals surface area contributed by atoms with Crippen molar-refractivity contribution in [2.45, 2.75) is 6.92 Å². The lowest BCUT2D eigenvalue weighted by Crippen LogP contribution is -2.14. The molecule has 0 atom stereocenters. The van der Waals surface area contributed by atoms with Gasteiger partial charge in [0.1, 0.15) is 5.82 Å². The van der Waals surface area contributed by atoms with Crippen LogP contribution in [0.5, 0.6) is 6.01 Å². The molecule has 2 N–H and O–H groups in total. The summed E-state index contributed by atoms with van der Waals surface area (Å²) in [4.78, 5) is 15.8. The van der Waals surface area contributed by atoms with Gasteiger partial charge >= 0.3 is 6.01 Å². The summed E-state index contributed by atoms with van der Waals surface area (Å²) >= 11 is 11.4. The van der Waals surface area contributed by atoms with Crippen molar-refractivity contribution in [2.24, 2.45) is 0 Å². The highest BCUT2D eigenvalue weighted by Crippen LogP contribution is 2.24. The van der Waals surface area contributed by atoms with E-state index in [1.54, 1.807) is 6.92 Å². The van der Waals surface area contributed by atoms with Crippen LogP contribution in [-0.4, -0.2) is 27.7 Å². The number of anilines is 1. The molecule has 1 aromatic heterocycles. The summed E-state index contributed by atoms with van der Waals surface area (Å²) in [5, 5.41) is 8.41. The van der Waals surface area contributed by atoms with Gasteiger partial charge in [0.05, 0.1) is 22.2 Å². The van der Waals surface area contributed by atoms with Crippen LogP contribution < -0.4 is 10.1 Å². The number of aromatic amines is 1. The number of rotatable bonds is 4. The second kappa shape index (κ2) is 6.06. The van der Waals surface area contributed by atoms with E-state index in [4.69, 9.17) is 27.9 Å². The Balaban J connectivity index is 2.17. The van der Waals surface area contributed by atoms with E-state index < -0.39 is 11.7 Å². The molecule has 106 valence electrons. The van der Waals surface area contributed by atoms with Crippen molar-refractivity contribution in [3.63, 3.8) is 0 Å². The fourth-order valence-electron chi connectivity index (χ4n) is 1.37. The SMILES string of the molecule is CCOc1n[nH]c(NC(=O)c2cc(F)c(Cl)cc2Cl)n1. The van der Waals surface area contributed by atoms with Crippen LogP contribution in [0.3, 0.4) is 0 Å². The van der Waals surface area contributed by atoms with Crippen LogP contribution in [0.4, 0.5) is 10.3 Å². The van der Waals surface area contributed by atoms with Gasteiger partial charge in [-0.25, -0.2) is 9.49 Å². The Bertz CT molecular complexity index is 647. The standard InChI is InChI=1S/C11H9Cl2FN4O2/c1-2-20-11-16-10(17-18-11)15-9(19)5-3-8(14)7(13)4-6(5)12/h3-4H,2H2,1H3,(H2,15,16,17,18,19). The molecule has 0 fully saturated rings. The molecular formula is C11H9Cl2FN4O2. The molecule has 1 heterocycles.